The highest BCUT2D eigenvalue weighted by atomic mass is 79.9. The van der Waals surface area contributed by atoms with E-state index in [4.69, 9.17) is 0 Å². The van der Waals surface area contributed by atoms with E-state index in [1.807, 2.05) is 62.4 Å². The summed E-state index contributed by atoms with van der Waals surface area (Å²) in [5.74, 6) is -0.0375. The van der Waals surface area contributed by atoms with Crippen molar-refractivity contribution in [3.05, 3.63) is 64.1 Å². The van der Waals surface area contributed by atoms with E-state index in [9.17, 15) is 4.79 Å². The molecule has 0 unspecified atom stereocenters. The predicted molar refractivity (Wildman–Crippen MR) is 95.0 cm³/mol. The second kappa shape index (κ2) is 7.56. The lowest BCUT2D eigenvalue weighted by Gasteiger charge is -2.21. The molecule has 3 nitrogen and oxygen atoms in total. The Morgan fingerprint density at radius 2 is 1.82 bits per heavy atom. The Hall–Kier alpha value is -1.65. The van der Waals surface area contributed by atoms with Gasteiger partial charge in [-0.1, -0.05) is 46.3 Å². The zero-order valence-electron chi connectivity index (χ0n) is 13.1. The fourth-order valence-corrected chi connectivity index (χ4v) is 2.97. The van der Waals surface area contributed by atoms with Crippen molar-refractivity contribution < 1.29 is 4.79 Å². The summed E-state index contributed by atoms with van der Waals surface area (Å²) in [6.45, 7) is 5.93. The van der Waals surface area contributed by atoms with Gasteiger partial charge in [-0.2, -0.15) is 0 Å². The Labute approximate surface area is 140 Å². The number of hydrogen-bond acceptors (Lipinski definition) is 2. The van der Waals surface area contributed by atoms with Gasteiger partial charge in [-0.3, -0.25) is 10.1 Å². The standard InChI is InChI=1S/C18H21BrN2O/c1-12-7-6-8-15(11-12)21-18(22)14(3)20-13(2)16-9-4-5-10-17(16)19/h4-11,13-14,20H,1-3H3,(H,21,22)/t13-,14-/m1/s1. The van der Waals surface area contributed by atoms with Gasteiger partial charge < -0.3 is 5.32 Å². The number of aryl methyl sites for hydroxylation is 1. The van der Waals surface area contributed by atoms with E-state index in [0.717, 1.165) is 21.3 Å². The third-order valence-electron chi connectivity index (χ3n) is 3.55. The van der Waals surface area contributed by atoms with Crippen LogP contribution in [0.25, 0.3) is 0 Å². The molecule has 0 fully saturated rings. The highest BCUT2D eigenvalue weighted by molar-refractivity contribution is 9.10. The maximum atomic E-state index is 12.3. The first-order valence-corrected chi connectivity index (χ1v) is 8.14. The van der Waals surface area contributed by atoms with Crippen molar-refractivity contribution in [1.29, 1.82) is 0 Å². The van der Waals surface area contributed by atoms with Gasteiger partial charge in [0.15, 0.2) is 0 Å². The largest absolute Gasteiger partial charge is 0.325 e. The maximum absolute atomic E-state index is 12.3. The summed E-state index contributed by atoms with van der Waals surface area (Å²) in [4.78, 5) is 12.3. The molecular formula is C18H21BrN2O. The summed E-state index contributed by atoms with van der Waals surface area (Å²) < 4.78 is 1.04. The molecule has 0 aromatic heterocycles. The molecule has 0 bridgehead atoms. The van der Waals surface area contributed by atoms with Crippen molar-refractivity contribution in [1.82, 2.24) is 5.32 Å². The zero-order chi connectivity index (χ0) is 16.1. The van der Waals surface area contributed by atoms with Crippen LogP contribution in [0.1, 0.15) is 31.0 Å². The molecule has 0 saturated carbocycles. The van der Waals surface area contributed by atoms with E-state index in [1.165, 1.54) is 0 Å². The number of rotatable bonds is 5. The Morgan fingerprint density at radius 3 is 2.50 bits per heavy atom. The van der Waals surface area contributed by atoms with Gasteiger partial charge in [0, 0.05) is 16.2 Å². The molecule has 0 radical (unpaired) electrons. The van der Waals surface area contributed by atoms with E-state index in [-0.39, 0.29) is 18.0 Å². The lowest BCUT2D eigenvalue weighted by molar-refractivity contribution is -0.117. The number of benzene rings is 2. The van der Waals surface area contributed by atoms with Crippen molar-refractivity contribution in [3.8, 4) is 0 Å². The van der Waals surface area contributed by atoms with Crippen LogP contribution in [-0.4, -0.2) is 11.9 Å². The van der Waals surface area contributed by atoms with E-state index in [1.54, 1.807) is 0 Å². The van der Waals surface area contributed by atoms with Gasteiger partial charge in [0.05, 0.1) is 6.04 Å². The summed E-state index contributed by atoms with van der Waals surface area (Å²) in [5.41, 5.74) is 3.09. The molecule has 4 heteroatoms. The van der Waals surface area contributed by atoms with E-state index in [2.05, 4.69) is 33.5 Å². The summed E-state index contributed by atoms with van der Waals surface area (Å²) in [6, 6.07) is 15.6. The molecule has 2 aromatic carbocycles. The van der Waals surface area contributed by atoms with Crippen LogP contribution in [0.2, 0.25) is 0 Å². The molecule has 0 spiro atoms. The third-order valence-corrected chi connectivity index (χ3v) is 4.27. The Bertz CT molecular complexity index is 657. The number of hydrogen-bond donors (Lipinski definition) is 2. The van der Waals surface area contributed by atoms with E-state index in [0.29, 0.717) is 0 Å². The topological polar surface area (TPSA) is 41.1 Å². The predicted octanol–water partition coefficient (Wildman–Crippen LogP) is 4.44. The van der Waals surface area contributed by atoms with Crippen molar-refractivity contribution in [2.75, 3.05) is 5.32 Å². The van der Waals surface area contributed by atoms with Gasteiger partial charge in [-0.15, -0.1) is 0 Å². The molecule has 1 amide bonds. The number of amides is 1. The molecule has 2 aromatic rings. The normalized spacial score (nSPS) is 13.5. The average Bonchev–Trinajstić information content (AvgIpc) is 2.47. The lowest BCUT2D eigenvalue weighted by Crippen LogP contribution is -2.39. The Morgan fingerprint density at radius 1 is 1.09 bits per heavy atom. The van der Waals surface area contributed by atoms with Crippen LogP contribution < -0.4 is 10.6 Å². The van der Waals surface area contributed by atoms with Crippen LogP contribution in [0, 0.1) is 6.92 Å². The van der Waals surface area contributed by atoms with Gasteiger partial charge in [0.1, 0.15) is 0 Å². The molecular weight excluding hydrogens is 340 g/mol. The minimum Gasteiger partial charge on any atom is -0.325 e. The van der Waals surface area contributed by atoms with Crippen LogP contribution in [-0.2, 0) is 4.79 Å². The molecule has 116 valence electrons. The quantitative estimate of drug-likeness (QED) is 0.827. The minimum atomic E-state index is -0.289. The number of halogens is 1. The molecule has 22 heavy (non-hydrogen) atoms. The molecule has 0 saturated heterocycles. The second-order valence-electron chi connectivity index (χ2n) is 5.49. The van der Waals surface area contributed by atoms with Gasteiger partial charge in [0.25, 0.3) is 0 Å². The fourth-order valence-electron chi connectivity index (χ4n) is 2.34. The first-order chi connectivity index (χ1) is 10.5. The Kier molecular flexibility index (Phi) is 5.75. The molecule has 2 atom stereocenters. The number of nitrogens with one attached hydrogen (secondary N) is 2. The highest BCUT2D eigenvalue weighted by Gasteiger charge is 2.17. The number of carbonyl (C=O) groups excluding carboxylic acids is 1. The zero-order valence-corrected chi connectivity index (χ0v) is 14.6. The van der Waals surface area contributed by atoms with Crippen LogP contribution >= 0.6 is 15.9 Å². The molecule has 0 aliphatic carbocycles. The van der Waals surface area contributed by atoms with Crippen molar-refractivity contribution in [3.63, 3.8) is 0 Å². The maximum Gasteiger partial charge on any atom is 0.241 e. The summed E-state index contributed by atoms with van der Waals surface area (Å²) in [6.07, 6.45) is 0. The minimum absolute atomic E-state index is 0.0375. The third kappa shape index (κ3) is 4.42. The molecule has 0 heterocycles. The van der Waals surface area contributed by atoms with Gasteiger partial charge in [-0.25, -0.2) is 0 Å². The fraction of sp³-hybridized carbons (Fsp3) is 0.278. The molecule has 0 aliphatic rings. The molecule has 2 rings (SSSR count). The average molecular weight is 361 g/mol. The van der Waals surface area contributed by atoms with Crippen molar-refractivity contribution in [2.24, 2.45) is 0 Å². The number of carbonyl (C=O) groups is 1. The SMILES string of the molecule is Cc1cccc(NC(=O)[C@@H](C)N[C@H](C)c2ccccc2Br)c1. The monoisotopic (exact) mass is 360 g/mol. The summed E-state index contributed by atoms with van der Waals surface area (Å²) in [7, 11) is 0. The first-order valence-electron chi connectivity index (χ1n) is 7.35. The summed E-state index contributed by atoms with van der Waals surface area (Å²) in [5, 5.41) is 6.27. The Balaban J connectivity index is 1.98. The lowest BCUT2D eigenvalue weighted by atomic mass is 10.1. The van der Waals surface area contributed by atoms with Crippen LogP contribution in [0.5, 0.6) is 0 Å². The first kappa shape index (κ1) is 16.7. The second-order valence-corrected chi connectivity index (χ2v) is 6.34. The highest BCUT2D eigenvalue weighted by Crippen LogP contribution is 2.23. The van der Waals surface area contributed by atoms with Crippen LogP contribution in [0.3, 0.4) is 0 Å². The summed E-state index contributed by atoms with van der Waals surface area (Å²) >= 11 is 3.55. The van der Waals surface area contributed by atoms with E-state index < -0.39 is 0 Å². The van der Waals surface area contributed by atoms with Crippen molar-refractivity contribution >= 4 is 27.5 Å². The van der Waals surface area contributed by atoms with Gasteiger partial charge in [0.2, 0.25) is 5.91 Å². The van der Waals surface area contributed by atoms with E-state index >= 15 is 0 Å². The smallest absolute Gasteiger partial charge is 0.241 e. The van der Waals surface area contributed by atoms with Crippen LogP contribution in [0.15, 0.2) is 53.0 Å². The van der Waals surface area contributed by atoms with Crippen LogP contribution in [0.4, 0.5) is 5.69 Å². The van der Waals surface area contributed by atoms with Gasteiger partial charge >= 0.3 is 0 Å². The molecule has 0 aliphatic heterocycles. The van der Waals surface area contributed by atoms with Crippen molar-refractivity contribution in [2.45, 2.75) is 32.9 Å². The number of anilines is 1. The van der Waals surface area contributed by atoms with Gasteiger partial charge in [-0.05, 0) is 50.1 Å². The molecule has 2 N–H and O–H groups in total.